The van der Waals surface area contributed by atoms with Gasteiger partial charge in [0.1, 0.15) is 28.8 Å². The Hall–Kier alpha value is -1.88. The number of nitrogens with one attached hydrogen (secondary N) is 1. The third-order valence-electron chi connectivity index (χ3n) is 3.27. The van der Waals surface area contributed by atoms with Crippen LogP contribution in [-0.4, -0.2) is 21.6 Å². The van der Waals surface area contributed by atoms with Gasteiger partial charge in [-0.05, 0) is 32.9 Å². The summed E-state index contributed by atoms with van der Waals surface area (Å²) in [6.45, 7) is 9.94. The maximum Gasteiger partial charge on any atom is 0.137 e. The molecule has 1 atom stereocenters. The SMILES string of the molecule is Cc1cc(NCC(C)(O)c2ccc(C)o2)nc(C(C)C)n1. The van der Waals surface area contributed by atoms with Gasteiger partial charge < -0.3 is 14.8 Å². The molecule has 0 radical (unpaired) electrons. The average Bonchev–Trinajstić information content (AvgIpc) is 2.83. The molecule has 0 amide bonds. The average molecular weight is 289 g/mol. The number of hydrogen-bond donors (Lipinski definition) is 2. The molecule has 0 fully saturated rings. The third-order valence-corrected chi connectivity index (χ3v) is 3.27. The van der Waals surface area contributed by atoms with Gasteiger partial charge in [0.2, 0.25) is 0 Å². The van der Waals surface area contributed by atoms with E-state index in [4.69, 9.17) is 4.42 Å². The van der Waals surface area contributed by atoms with Crippen LogP contribution in [0.2, 0.25) is 0 Å². The molecule has 0 saturated heterocycles. The lowest BCUT2D eigenvalue weighted by atomic mass is 10.0. The van der Waals surface area contributed by atoms with E-state index in [0.717, 1.165) is 23.1 Å². The first-order chi connectivity index (χ1) is 9.78. The van der Waals surface area contributed by atoms with Crippen molar-refractivity contribution < 1.29 is 9.52 Å². The van der Waals surface area contributed by atoms with Crippen LogP contribution in [0.25, 0.3) is 0 Å². The van der Waals surface area contributed by atoms with Gasteiger partial charge in [-0.15, -0.1) is 0 Å². The van der Waals surface area contributed by atoms with Crippen LogP contribution in [-0.2, 0) is 5.60 Å². The number of nitrogens with zero attached hydrogens (tertiary/aromatic N) is 2. The maximum absolute atomic E-state index is 10.5. The van der Waals surface area contributed by atoms with Crippen LogP contribution in [0.3, 0.4) is 0 Å². The highest BCUT2D eigenvalue weighted by atomic mass is 16.4. The molecule has 21 heavy (non-hydrogen) atoms. The summed E-state index contributed by atoms with van der Waals surface area (Å²) in [5, 5.41) is 13.7. The van der Waals surface area contributed by atoms with Crippen LogP contribution < -0.4 is 5.32 Å². The smallest absolute Gasteiger partial charge is 0.137 e. The van der Waals surface area contributed by atoms with Gasteiger partial charge in [0.05, 0.1) is 6.54 Å². The van der Waals surface area contributed by atoms with Gasteiger partial charge in [0.25, 0.3) is 0 Å². The maximum atomic E-state index is 10.5. The Kier molecular flexibility index (Phi) is 4.32. The van der Waals surface area contributed by atoms with E-state index in [9.17, 15) is 5.11 Å². The highest BCUT2D eigenvalue weighted by Gasteiger charge is 2.26. The molecule has 5 nitrogen and oxygen atoms in total. The first-order valence-corrected chi connectivity index (χ1v) is 7.16. The monoisotopic (exact) mass is 289 g/mol. The lowest BCUT2D eigenvalue weighted by Crippen LogP contribution is -2.30. The molecule has 0 aliphatic rings. The fourth-order valence-corrected chi connectivity index (χ4v) is 2.01. The van der Waals surface area contributed by atoms with E-state index >= 15 is 0 Å². The van der Waals surface area contributed by atoms with Crippen molar-refractivity contribution in [2.45, 2.75) is 46.1 Å². The van der Waals surface area contributed by atoms with Crippen LogP contribution in [0.4, 0.5) is 5.82 Å². The molecule has 0 saturated carbocycles. The Morgan fingerprint density at radius 1 is 1.29 bits per heavy atom. The van der Waals surface area contributed by atoms with Crippen molar-refractivity contribution in [1.82, 2.24) is 9.97 Å². The Bertz CT molecular complexity index is 618. The lowest BCUT2D eigenvalue weighted by molar-refractivity contribution is 0.0467. The standard InChI is InChI=1S/C16H23N3O2/c1-10(2)15-18-11(3)8-14(19-15)17-9-16(5,20)13-7-6-12(4)21-13/h6-8,10,20H,9H2,1-5H3,(H,17,18,19). The van der Waals surface area contributed by atoms with Crippen LogP contribution in [0.5, 0.6) is 0 Å². The molecule has 0 aromatic carbocycles. The van der Waals surface area contributed by atoms with E-state index in [1.165, 1.54) is 0 Å². The predicted molar refractivity (Wildman–Crippen MR) is 82.4 cm³/mol. The van der Waals surface area contributed by atoms with E-state index in [2.05, 4.69) is 29.1 Å². The number of aromatic nitrogens is 2. The van der Waals surface area contributed by atoms with Gasteiger partial charge in [-0.2, -0.15) is 0 Å². The Morgan fingerprint density at radius 3 is 2.57 bits per heavy atom. The highest BCUT2D eigenvalue weighted by molar-refractivity contribution is 5.37. The minimum absolute atomic E-state index is 0.263. The van der Waals surface area contributed by atoms with Gasteiger partial charge >= 0.3 is 0 Å². The van der Waals surface area contributed by atoms with E-state index in [1.807, 2.05) is 26.0 Å². The molecule has 0 aliphatic heterocycles. The largest absolute Gasteiger partial charge is 0.463 e. The van der Waals surface area contributed by atoms with Crippen LogP contribution in [0.1, 0.15) is 49.7 Å². The summed E-state index contributed by atoms with van der Waals surface area (Å²) in [6, 6.07) is 5.51. The lowest BCUT2D eigenvalue weighted by Gasteiger charge is -2.22. The molecular weight excluding hydrogens is 266 g/mol. The zero-order chi connectivity index (χ0) is 15.6. The van der Waals surface area contributed by atoms with Crippen molar-refractivity contribution in [2.75, 3.05) is 11.9 Å². The summed E-state index contributed by atoms with van der Waals surface area (Å²) in [6.07, 6.45) is 0. The van der Waals surface area contributed by atoms with Crippen LogP contribution in [0.15, 0.2) is 22.6 Å². The molecule has 1 unspecified atom stereocenters. The van der Waals surface area contributed by atoms with Crippen molar-refractivity contribution in [3.8, 4) is 0 Å². The highest BCUT2D eigenvalue weighted by Crippen LogP contribution is 2.23. The normalized spacial score (nSPS) is 14.2. The van der Waals surface area contributed by atoms with Crippen LogP contribution in [0, 0.1) is 13.8 Å². The molecule has 2 aromatic heterocycles. The van der Waals surface area contributed by atoms with E-state index < -0.39 is 5.60 Å². The number of hydrogen-bond acceptors (Lipinski definition) is 5. The summed E-state index contributed by atoms with van der Waals surface area (Å²) in [7, 11) is 0. The molecule has 2 aromatic rings. The number of aliphatic hydroxyl groups is 1. The number of anilines is 1. The van der Waals surface area contributed by atoms with Gasteiger partial charge in [-0.3, -0.25) is 0 Å². The Balaban J connectivity index is 2.12. The summed E-state index contributed by atoms with van der Waals surface area (Å²) in [5.41, 5.74) is -0.185. The van der Waals surface area contributed by atoms with Gasteiger partial charge in [-0.1, -0.05) is 13.8 Å². The van der Waals surface area contributed by atoms with Gasteiger partial charge in [0, 0.05) is 17.7 Å². The van der Waals surface area contributed by atoms with Gasteiger partial charge in [-0.25, -0.2) is 9.97 Å². The molecule has 2 N–H and O–H groups in total. The topological polar surface area (TPSA) is 71.2 Å². The zero-order valence-electron chi connectivity index (χ0n) is 13.3. The summed E-state index contributed by atoms with van der Waals surface area (Å²) in [4.78, 5) is 8.88. The first-order valence-electron chi connectivity index (χ1n) is 7.16. The molecular formula is C16H23N3O2. The summed E-state index contributed by atoms with van der Waals surface area (Å²) in [5.74, 6) is 3.10. The zero-order valence-corrected chi connectivity index (χ0v) is 13.3. The van der Waals surface area contributed by atoms with Crippen molar-refractivity contribution in [1.29, 1.82) is 0 Å². The first kappa shape index (κ1) is 15.5. The van der Waals surface area contributed by atoms with Crippen molar-refractivity contribution in [2.24, 2.45) is 0 Å². The fraction of sp³-hybridized carbons (Fsp3) is 0.500. The molecule has 0 bridgehead atoms. The van der Waals surface area contributed by atoms with E-state index in [0.29, 0.717) is 12.3 Å². The molecule has 0 spiro atoms. The Labute approximate surface area is 125 Å². The third kappa shape index (κ3) is 3.82. The second-order valence-corrected chi connectivity index (χ2v) is 5.95. The second kappa shape index (κ2) is 5.85. The van der Waals surface area contributed by atoms with Crippen LogP contribution >= 0.6 is 0 Å². The van der Waals surface area contributed by atoms with E-state index in [1.54, 1.807) is 13.0 Å². The minimum atomic E-state index is -1.09. The Morgan fingerprint density at radius 2 is 2.00 bits per heavy atom. The summed E-state index contributed by atoms with van der Waals surface area (Å²) < 4.78 is 5.50. The number of rotatable bonds is 5. The van der Waals surface area contributed by atoms with Crippen molar-refractivity contribution in [3.05, 3.63) is 41.2 Å². The summed E-state index contributed by atoms with van der Waals surface area (Å²) >= 11 is 0. The fourth-order valence-electron chi connectivity index (χ4n) is 2.01. The number of aryl methyl sites for hydroxylation is 2. The van der Waals surface area contributed by atoms with Crippen molar-refractivity contribution in [3.63, 3.8) is 0 Å². The van der Waals surface area contributed by atoms with Crippen molar-refractivity contribution >= 4 is 5.82 Å². The molecule has 114 valence electrons. The molecule has 2 rings (SSSR count). The minimum Gasteiger partial charge on any atom is -0.463 e. The number of furan rings is 1. The predicted octanol–water partition coefficient (Wildman–Crippen LogP) is 3.13. The quantitative estimate of drug-likeness (QED) is 0.885. The van der Waals surface area contributed by atoms with E-state index in [-0.39, 0.29) is 5.92 Å². The molecule has 5 heteroatoms. The van der Waals surface area contributed by atoms with Gasteiger partial charge in [0.15, 0.2) is 0 Å². The molecule has 0 aliphatic carbocycles. The molecule has 2 heterocycles. The second-order valence-electron chi connectivity index (χ2n) is 5.95.